The molecule has 2 aromatic rings. The van der Waals surface area contributed by atoms with Crippen molar-refractivity contribution in [2.24, 2.45) is 0 Å². The molecule has 2 rings (SSSR count). The summed E-state index contributed by atoms with van der Waals surface area (Å²) in [4.78, 5) is 4.22. The summed E-state index contributed by atoms with van der Waals surface area (Å²) in [7, 11) is 0. The van der Waals surface area contributed by atoms with E-state index in [0.717, 1.165) is 14.0 Å². The normalized spacial score (nSPS) is 10.6. The molecule has 7 heteroatoms. The number of halogens is 2. The number of aromatic nitrogens is 3. The lowest BCUT2D eigenvalue weighted by Crippen LogP contribution is -1.82. The van der Waals surface area contributed by atoms with Gasteiger partial charge in [0.15, 0.2) is 0 Å². The molecule has 0 fully saturated rings. The lowest BCUT2D eigenvalue weighted by atomic mass is 10.5. The van der Waals surface area contributed by atoms with E-state index in [4.69, 9.17) is 4.42 Å². The maximum Gasteiger partial charge on any atom is 0.282 e. The van der Waals surface area contributed by atoms with Crippen LogP contribution in [0.5, 0.6) is 0 Å². The van der Waals surface area contributed by atoms with Crippen LogP contribution in [0.15, 0.2) is 35.9 Å². The molecule has 0 unspecified atom stereocenters. The van der Waals surface area contributed by atoms with Gasteiger partial charge in [-0.25, -0.2) is 4.98 Å². The quantitative estimate of drug-likeness (QED) is 0.830. The summed E-state index contributed by atoms with van der Waals surface area (Å²) in [5.41, 5.74) is 0. The van der Waals surface area contributed by atoms with Crippen molar-refractivity contribution in [2.45, 2.75) is 17.2 Å². The molecule has 2 aromatic heterocycles. The maximum atomic E-state index is 5.24. The van der Waals surface area contributed by atoms with E-state index in [1.54, 1.807) is 13.1 Å². The van der Waals surface area contributed by atoms with Gasteiger partial charge in [0.2, 0.25) is 5.89 Å². The second kappa shape index (κ2) is 4.63. The van der Waals surface area contributed by atoms with Crippen molar-refractivity contribution in [3.63, 3.8) is 0 Å². The lowest BCUT2D eigenvalue weighted by molar-refractivity contribution is 0.429. The summed E-state index contributed by atoms with van der Waals surface area (Å²) in [6.07, 6.45) is 1.72. The minimum absolute atomic E-state index is 0.489. The molecule has 0 amide bonds. The number of aryl methyl sites for hydroxylation is 1. The van der Waals surface area contributed by atoms with Crippen molar-refractivity contribution < 1.29 is 4.42 Å². The van der Waals surface area contributed by atoms with Gasteiger partial charge in [-0.15, -0.1) is 10.2 Å². The molecule has 0 bridgehead atoms. The Morgan fingerprint density at radius 1 is 1.33 bits per heavy atom. The highest BCUT2D eigenvalue weighted by Crippen LogP contribution is 2.32. The Kier molecular flexibility index (Phi) is 3.42. The van der Waals surface area contributed by atoms with E-state index in [-0.39, 0.29) is 0 Å². The van der Waals surface area contributed by atoms with Crippen LogP contribution in [-0.4, -0.2) is 15.2 Å². The van der Waals surface area contributed by atoms with Gasteiger partial charge in [-0.3, -0.25) is 0 Å². The molecule has 0 radical (unpaired) electrons. The van der Waals surface area contributed by atoms with Crippen LogP contribution in [0.25, 0.3) is 0 Å². The van der Waals surface area contributed by atoms with Crippen LogP contribution in [0, 0.1) is 6.92 Å². The zero-order chi connectivity index (χ0) is 10.8. The molecule has 4 nitrogen and oxygen atoms in total. The van der Waals surface area contributed by atoms with Crippen molar-refractivity contribution in [3.05, 3.63) is 27.1 Å². The predicted molar refractivity (Wildman–Crippen MR) is 62.8 cm³/mol. The summed E-state index contributed by atoms with van der Waals surface area (Å²) < 4.78 is 7.04. The molecular formula is C8H5Br2N3OS. The maximum absolute atomic E-state index is 5.24. The highest BCUT2D eigenvalue weighted by Gasteiger charge is 2.09. The third-order valence-electron chi connectivity index (χ3n) is 1.47. The van der Waals surface area contributed by atoms with Crippen LogP contribution in [0.1, 0.15) is 5.89 Å². The first-order chi connectivity index (χ1) is 7.15. The highest BCUT2D eigenvalue weighted by molar-refractivity contribution is 9.11. The molecule has 0 aliphatic heterocycles. The van der Waals surface area contributed by atoms with E-state index < -0.39 is 0 Å². The van der Waals surface area contributed by atoms with Gasteiger partial charge in [-0.1, -0.05) is 0 Å². The summed E-state index contributed by atoms with van der Waals surface area (Å²) in [5, 5.41) is 8.90. The molecule has 0 aliphatic carbocycles. The smallest absolute Gasteiger partial charge is 0.282 e. The molecule has 0 N–H and O–H groups in total. The Morgan fingerprint density at radius 3 is 2.73 bits per heavy atom. The molecule has 15 heavy (non-hydrogen) atoms. The molecule has 0 atom stereocenters. The van der Waals surface area contributed by atoms with Crippen LogP contribution >= 0.6 is 43.6 Å². The molecule has 0 spiro atoms. The highest BCUT2D eigenvalue weighted by atomic mass is 79.9. The molecule has 78 valence electrons. The fraction of sp³-hybridized carbons (Fsp3) is 0.125. The van der Waals surface area contributed by atoms with Crippen LogP contribution < -0.4 is 0 Å². The van der Waals surface area contributed by atoms with E-state index in [2.05, 4.69) is 47.0 Å². The molecule has 0 saturated heterocycles. The zero-order valence-corrected chi connectivity index (χ0v) is 11.6. The van der Waals surface area contributed by atoms with Crippen molar-refractivity contribution >= 4 is 43.6 Å². The average Bonchev–Trinajstić information content (AvgIpc) is 2.56. The van der Waals surface area contributed by atoms with Gasteiger partial charge in [0, 0.05) is 17.6 Å². The van der Waals surface area contributed by atoms with Crippen LogP contribution in [0.2, 0.25) is 0 Å². The second-order valence-electron chi connectivity index (χ2n) is 2.63. The third-order valence-corrected chi connectivity index (χ3v) is 3.62. The van der Waals surface area contributed by atoms with Gasteiger partial charge in [-0.2, -0.15) is 0 Å². The molecule has 0 aromatic carbocycles. The lowest BCUT2D eigenvalue weighted by Gasteiger charge is -1.99. The van der Waals surface area contributed by atoms with E-state index in [1.807, 2.05) is 6.07 Å². The fourth-order valence-electron chi connectivity index (χ4n) is 0.879. The largest absolute Gasteiger partial charge is 0.416 e. The van der Waals surface area contributed by atoms with E-state index in [1.165, 1.54) is 11.8 Å². The van der Waals surface area contributed by atoms with Crippen molar-refractivity contribution in [2.75, 3.05) is 0 Å². The Bertz CT molecular complexity index is 488. The SMILES string of the molecule is Cc1nnc(Sc2ncc(Br)cc2Br)o1. The third kappa shape index (κ3) is 2.79. The number of rotatable bonds is 2. The summed E-state index contributed by atoms with van der Waals surface area (Å²) in [5.74, 6) is 0.547. The first kappa shape index (κ1) is 11.1. The van der Waals surface area contributed by atoms with Crippen LogP contribution in [0.4, 0.5) is 0 Å². The number of pyridine rings is 1. The van der Waals surface area contributed by atoms with Gasteiger partial charge < -0.3 is 4.42 Å². The molecular weight excluding hydrogens is 346 g/mol. The first-order valence-electron chi connectivity index (χ1n) is 3.94. The Morgan fingerprint density at radius 2 is 2.13 bits per heavy atom. The summed E-state index contributed by atoms with van der Waals surface area (Å²) in [6, 6.07) is 1.92. The number of hydrogen-bond donors (Lipinski definition) is 0. The minimum atomic E-state index is 0.489. The van der Waals surface area contributed by atoms with Gasteiger partial charge in [0.1, 0.15) is 5.03 Å². The van der Waals surface area contributed by atoms with Gasteiger partial charge in [0.05, 0.1) is 4.47 Å². The molecule has 2 heterocycles. The second-order valence-corrected chi connectivity index (χ2v) is 5.34. The zero-order valence-electron chi connectivity index (χ0n) is 7.57. The summed E-state index contributed by atoms with van der Waals surface area (Å²) >= 11 is 8.07. The minimum Gasteiger partial charge on any atom is -0.416 e. The molecule has 0 aliphatic rings. The topological polar surface area (TPSA) is 51.8 Å². The van der Waals surface area contributed by atoms with E-state index in [0.29, 0.717) is 11.1 Å². The standard InChI is InChI=1S/C8H5Br2N3OS/c1-4-12-13-8(14-4)15-7-6(10)2-5(9)3-11-7/h2-3H,1H3. The Balaban J connectivity index is 2.24. The van der Waals surface area contributed by atoms with Crippen molar-refractivity contribution in [1.29, 1.82) is 0 Å². The number of nitrogens with zero attached hydrogens (tertiary/aromatic N) is 3. The Labute approximate surface area is 107 Å². The van der Waals surface area contributed by atoms with E-state index >= 15 is 0 Å². The van der Waals surface area contributed by atoms with Gasteiger partial charge in [0.25, 0.3) is 5.22 Å². The predicted octanol–water partition coefficient (Wildman–Crippen LogP) is 3.45. The van der Waals surface area contributed by atoms with E-state index in [9.17, 15) is 0 Å². The van der Waals surface area contributed by atoms with Crippen LogP contribution in [-0.2, 0) is 0 Å². The van der Waals surface area contributed by atoms with Gasteiger partial charge in [-0.05, 0) is 49.7 Å². The number of hydrogen-bond acceptors (Lipinski definition) is 5. The van der Waals surface area contributed by atoms with Gasteiger partial charge >= 0.3 is 0 Å². The summed E-state index contributed by atoms with van der Waals surface area (Å²) in [6.45, 7) is 1.75. The monoisotopic (exact) mass is 349 g/mol. The average molecular weight is 351 g/mol. The van der Waals surface area contributed by atoms with Crippen molar-refractivity contribution in [3.8, 4) is 0 Å². The van der Waals surface area contributed by atoms with Crippen LogP contribution in [0.3, 0.4) is 0 Å². The Hall–Kier alpha value is -0.400. The van der Waals surface area contributed by atoms with Crippen molar-refractivity contribution in [1.82, 2.24) is 15.2 Å². The molecule has 0 saturated carbocycles. The first-order valence-corrected chi connectivity index (χ1v) is 6.34. The fourth-order valence-corrected chi connectivity index (χ4v) is 2.78.